The van der Waals surface area contributed by atoms with Gasteiger partial charge in [-0.25, -0.2) is 0 Å². The van der Waals surface area contributed by atoms with Gasteiger partial charge in [0.25, 0.3) is 0 Å². The van der Waals surface area contributed by atoms with Gasteiger partial charge in [-0.2, -0.15) is 0 Å². The first kappa shape index (κ1) is 14.5. The summed E-state index contributed by atoms with van der Waals surface area (Å²) in [6.07, 6.45) is 13.8. The molecule has 1 unspecified atom stereocenters. The fourth-order valence-corrected chi connectivity index (χ4v) is 2.36. The van der Waals surface area contributed by atoms with Crippen LogP contribution < -0.4 is 0 Å². The van der Waals surface area contributed by atoms with Crippen LogP contribution in [0.25, 0.3) is 0 Å². The van der Waals surface area contributed by atoms with Crippen molar-refractivity contribution >= 4 is 11.6 Å². The Labute approximate surface area is 111 Å². The van der Waals surface area contributed by atoms with Crippen molar-refractivity contribution in [1.82, 2.24) is 4.98 Å². The van der Waals surface area contributed by atoms with E-state index in [1.54, 1.807) is 0 Å². The molecular formula is C15H24ClN. The third kappa shape index (κ3) is 7.38. The van der Waals surface area contributed by atoms with E-state index in [9.17, 15) is 0 Å². The minimum Gasteiger partial charge on any atom is -0.265 e. The number of halogens is 1. The quantitative estimate of drug-likeness (QED) is 0.447. The molecule has 0 N–H and O–H groups in total. The number of nitrogens with zero attached hydrogens (tertiary/aromatic N) is 1. The van der Waals surface area contributed by atoms with Crippen LogP contribution >= 0.6 is 11.6 Å². The molecule has 0 aromatic carbocycles. The van der Waals surface area contributed by atoms with E-state index in [1.807, 2.05) is 12.4 Å². The lowest BCUT2D eigenvalue weighted by Gasteiger charge is -2.09. The molecule has 0 spiro atoms. The first-order valence-electron chi connectivity index (χ1n) is 6.86. The van der Waals surface area contributed by atoms with E-state index >= 15 is 0 Å². The van der Waals surface area contributed by atoms with Crippen molar-refractivity contribution in [3.63, 3.8) is 0 Å². The molecule has 0 aliphatic carbocycles. The Kier molecular flexibility index (Phi) is 8.08. The van der Waals surface area contributed by atoms with Gasteiger partial charge in [0, 0.05) is 17.8 Å². The molecule has 1 aromatic rings. The topological polar surface area (TPSA) is 12.9 Å². The van der Waals surface area contributed by atoms with Crippen LogP contribution in [0.15, 0.2) is 24.5 Å². The summed E-state index contributed by atoms with van der Waals surface area (Å²) in [6, 6.07) is 4.10. The molecule has 0 saturated carbocycles. The minimum absolute atomic E-state index is 0.281. The summed E-state index contributed by atoms with van der Waals surface area (Å²) in [5, 5.41) is 0.281. The fourth-order valence-electron chi connectivity index (χ4n) is 2.02. The van der Waals surface area contributed by atoms with Crippen LogP contribution in [0.4, 0.5) is 0 Å². The first-order chi connectivity index (χ1) is 8.33. The van der Waals surface area contributed by atoms with E-state index in [-0.39, 0.29) is 5.38 Å². The lowest BCUT2D eigenvalue weighted by molar-refractivity contribution is 0.578. The highest BCUT2D eigenvalue weighted by Gasteiger charge is 2.05. The van der Waals surface area contributed by atoms with Gasteiger partial charge in [0.05, 0.1) is 0 Å². The van der Waals surface area contributed by atoms with Crippen LogP contribution in [-0.4, -0.2) is 10.4 Å². The number of aromatic nitrogens is 1. The molecule has 1 rings (SSSR count). The van der Waals surface area contributed by atoms with Gasteiger partial charge in [-0.05, 0) is 30.5 Å². The summed E-state index contributed by atoms with van der Waals surface area (Å²) in [5.74, 6) is 0. The van der Waals surface area contributed by atoms with Crippen molar-refractivity contribution in [2.45, 2.75) is 63.7 Å². The number of pyridine rings is 1. The highest BCUT2D eigenvalue weighted by Crippen LogP contribution is 2.15. The van der Waals surface area contributed by atoms with E-state index < -0.39 is 0 Å². The largest absolute Gasteiger partial charge is 0.265 e. The zero-order valence-electron chi connectivity index (χ0n) is 10.9. The monoisotopic (exact) mass is 253 g/mol. The van der Waals surface area contributed by atoms with Gasteiger partial charge in [0.15, 0.2) is 0 Å². The van der Waals surface area contributed by atoms with Crippen LogP contribution in [0, 0.1) is 0 Å². The predicted octanol–water partition coefficient (Wildman–Crippen LogP) is 4.98. The number of hydrogen-bond donors (Lipinski definition) is 0. The number of unbranched alkanes of at least 4 members (excludes halogenated alkanes) is 5. The highest BCUT2D eigenvalue weighted by atomic mass is 35.5. The molecule has 0 amide bonds. The van der Waals surface area contributed by atoms with Gasteiger partial charge in [0.2, 0.25) is 0 Å². The Balaban J connectivity index is 2.03. The van der Waals surface area contributed by atoms with E-state index in [1.165, 1.54) is 44.1 Å². The SMILES string of the molecule is CCCCCCCCC(Cl)Cc1ccncc1. The molecule has 96 valence electrons. The second kappa shape index (κ2) is 9.47. The Morgan fingerprint density at radius 1 is 1.06 bits per heavy atom. The molecule has 1 aromatic heterocycles. The van der Waals surface area contributed by atoms with Crippen LogP contribution in [0.2, 0.25) is 0 Å². The second-order valence-electron chi connectivity index (χ2n) is 4.71. The van der Waals surface area contributed by atoms with Gasteiger partial charge in [-0.15, -0.1) is 11.6 Å². The van der Waals surface area contributed by atoms with E-state index in [4.69, 9.17) is 11.6 Å². The minimum atomic E-state index is 0.281. The average Bonchev–Trinajstić information content (AvgIpc) is 2.35. The van der Waals surface area contributed by atoms with Crippen LogP contribution in [-0.2, 0) is 6.42 Å². The summed E-state index contributed by atoms with van der Waals surface area (Å²) < 4.78 is 0. The van der Waals surface area contributed by atoms with Gasteiger partial charge < -0.3 is 0 Å². The Morgan fingerprint density at radius 3 is 2.41 bits per heavy atom. The second-order valence-corrected chi connectivity index (χ2v) is 5.33. The van der Waals surface area contributed by atoms with Crippen molar-refractivity contribution in [3.8, 4) is 0 Å². The molecule has 0 radical (unpaired) electrons. The summed E-state index contributed by atoms with van der Waals surface area (Å²) in [7, 11) is 0. The molecule has 1 heterocycles. The maximum atomic E-state index is 6.34. The molecule has 2 heteroatoms. The third-order valence-electron chi connectivity index (χ3n) is 3.08. The van der Waals surface area contributed by atoms with Crippen molar-refractivity contribution < 1.29 is 0 Å². The number of alkyl halides is 1. The molecule has 17 heavy (non-hydrogen) atoms. The van der Waals surface area contributed by atoms with E-state index in [0.29, 0.717) is 0 Å². The molecule has 1 atom stereocenters. The zero-order chi connectivity index (χ0) is 12.3. The molecule has 0 aliphatic heterocycles. The fraction of sp³-hybridized carbons (Fsp3) is 0.667. The molecule has 0 aliphatic rings. The normalized spacial score (nSPS) is 12.6. The number of rotatable bonds is 9. The summed E-state index contributed by atoms with van der Waals surface area (Å²) >= 11 is 6.34. The van der Waals surface area contributed by atoms with Gasteiger partial charge in [-0.3, -0.25) is 4.98 Å². The first-order valence-corrected chi connectivity index (χ1v) is 7.29. The lowest BCUT2D eigenvalue weighted by atomic mass is 10.0. The maximum Gasteiger partial charge on any atom is 0.0376 e. The van der Waals surface area contributed by atoms with Gasteiger partial charge >= 0.3 is 0 Å². The molecule has 0 saturated heterocycles. The summed E-state index contributed by atoms with van der Waals surface area (Å²) in [6.45, 7) is 2.25. The molecule has 1 nitrogen and oxygen atoms in total. The Morgan fingerprint density at radius 2 is 1.71 bits per heavy atom. The number of hydrogen-bond acceptors (Lipinski definition) is 1. The Hall–Kier alpha value is -0.560. The molecule has 0 bridgehead atoms. The van der Waals surface area contributed by atoms with E-state index in [2.05, 4.69) is 24.0 Å². The predicted molar refractivity (Wildman–Crippen MR) is 75.6 cm³/mol. The van der Waals surface area contributed by atoms with Crippen LogP contribution in [0.3, 0.4) is 0 Å². The maximum absolute atomic E-state index is 6.34. The van der Waals surface area contributed by atoms with Crippen molar-refractivity contribution in [3.05, 3.63) is 30.1 Å². The zero-order valence-corrected chi connectivity index (χ0v) is 11.6. The highest BCUT2D eigenvalue weighted by molar-refractivity contribution is 6.20. The van der Waals surface area contributed by atoms with Crippen molar-refractivity contribution in [2.75, 3.05) is 0 Å². The van der Waals surface area contributed by atoms with E-state index in [0.717, 1.165) is 12.8 Å². The standard InChI is InChI=1S/C15H24ClN/c1-2-3-4-5-6-7-8-15(16)13-14-9-11-17-12-10-14/h9-12,15H,2-8,13H2,1H3. The smallest absolute Gasteiger partial charge is 0.0376 e. The average molecular weight is 254 g/mol. The summed E-state index contributed by atoms with van der Waals surface area (Å²) in [5.41, 5.74) is 1.30. The van der Waals surface area contributed by atoms with Gasteiger partial charge in [-0.1, -0.05) is 45.4 Å². The third-order valence-corrected chi connectivity index (χ3v) is 3.45. The molecular weight excluding hydrogens is 230 g/mol. The van der Waals surface area contributed by atoms with Crippen molar-refractivity contribution in [1.29, 1.82) is 0 Å². The van der Waals surface area contributed by atoms with Gasteiger partial charge in [0.1, 0.15) is 0 Å². The van der Waals surface area contributed by atoms with Crippen LogP contribution in [0.1, 0.15) is 57.4 Å². The lowest BCUT2D eigenvalue weighted by Crippen LogP contribution is -2.03. The van der Waals surface area contributed by atoms with Crippen LogP contribution in [0.5, 0.6) is 0 Å². The molecule has 0 fully saturated rings. The summed E-state index contributed by atoms with van der Waals surface area (Å²) in [4.78, 5) is 4.01. The Bertz CT molecular complexity index is 274. The van der Waals surface area contributed by atoms with Crippen molar-refractivity contribution in [2.24, 2.45) is 0 Å².